The minimum absolute atomic E-state index is 0.0801. The highest BCUT2D eigenvalue weighted by Gasteiger charge is 2.31. The molecule has 0 aliphatic heterocycles. The van der Waals surface area contributed by atoms with E-state index in [9.17, 15) is 5.26 Å². The second kappa shape index (κ2) is 6.56. The van der Waals surface area contributed by atoms with Crippen molar-refractivity contribution in [3.05, 3.63) is 35.9 Å². The van der Waals surface area contributed by atoms with Crippen LogP contribution in [0.4, 0.5) is 0 Å². The first-order valence-electron chi connectivity index (χ1n) is 6.91. The fraction of sp³-hybridized carbons (Fsp3) is 0.562. The van der Waals surface area contributed by atoms with Crippen molar-refractivity contribution in [2.75, 3.05) is 6.61 Å². The molecule has 1 saturated carbocycles. The topological polar surface area (TPSA) is 33.0 Å². The van der Waals surface area contributed by atoms with E-state index in [2.05, 4.69) is 43.3 Å². The molecule has 0 heterocycles. The van der Waals surface area contributed by atoms with Crippen LogP contribution in [0.2, 0.25) is 0 Å². The molecule has 18 heavy (non-hydrogen) atoms. The molecule has 3 unspecified atom stereocenters. The molecular weight excluding hydrogens is 222 g/mol. The van der Waals surface area contributed by atoms with E-state index in [1.54, 1.807) is 0 Å². The van der Waals surface area contributed by atoms with Crippen molar-refractivity contribution >= 4 is 0 Å². The third kappa shape index (κ3) is 3.11. The summed E-state index contributed by atoms with van der Waals surface area (Å²) in [6, 6.07) is 13.0. The van der Waals surface area contributed by atoms with Gasteiger partial charge in [0.25, 0.3) is 0 Å². The monoisotopic (exact) mass is 243 g/mol. The van der Waals surface area contributed by atoms with E-state index in [1.807, 2.05) is 0 Å². The van der Waals surface area contributed by atoms with Gasteiger partial charge in [-0.2, -0.15) is 5.26 Å². The average molecular weight is 243 g/mol. The van der Waals surface area contributed by atoms with Crippen LogP contribution in [0, 0.1) is 17.2 Å². The Labute approximate surface area is 110 Å². The fourth-order valence-electron chi connectivity index (χ4n) is 2.76. The van der Waals surface area contributed by atoms with Crippen LogP contribution in [0.1, 0.15) is 44.1 Å². The summed E-state index contributed by atoms with van der Waals surface area (Å²) < 4.78 is 5.86. The zero-order chi connectivity index (χ0) is 12.8. The molecule has 3 atom stereocenters. The molecular formula is C16H21NO. The Hall–Kier alpha value is -1.33. The zero-order valence-electron chi connectivity index (χ0n) is 11.0. The van der Waals surface area contributed by atoms with Crippen molar-refractivity contribution in [2.45, 2.75) is 44.6 Å². The van der Waals surface area contributed by atoms with Crippen molar-refractivity contribution in [1.29, 1.82) is 5.26 Å². The first-order chi connectivity index (χ1) is 8.85. The number of hydrogen-bond acceptors (Lipinski definition) is 2. The maximum atomic E-state index is 9.19. The Kier molecular flexibility index (Phi) is 4.78. The van der Waals surface area contributed by atoms with Crippen LogP contribution >= 0.6 is 0 Å². The summed E-state index contributed by atoms with van der Waals surface area (Å²) in [5, 5.41) is 9.19. The Bertz CT molecular complexity index is 395. The highest BCUT2D eigenvalue weighted by atomic mass is 16.5. The zero-order valence-corrected chi connectivity index (χ0v) is 11.0. The summed E-state index contributed by atoms with van der Waals surface area (Å²) in [6.07, 6.45) is 4.19. The third-order valence-corrected chi connectivity index (χ3v) is 3.76. The maximum Gasteiger partial charge on any atom is 0.0739 e. The molecule has 0 aromatic heterocycles. The fourth-order valence-corrected chi connectivity index (χ4v) is 2.76. The molecule has 0 saturated heterocycles. The molecule has 2 nitrogen and oxygen atoms in total. The lowest BCUT2D eigenvalue weighted by molar-refractivity contribution is 0.000615. The Morgan fingerprint density at radius 3 is 2.72 bits per heavy atom. The largest absolute Gasteiger partial charge is 0.377 e. The minimum atomic E-state index is 0.0801. The molecule has 1 fully saturated rings. The first kappa shape index (κ1) is 13.1. The van der Waals surface area contributed by atoms with Gasteiger partial charge in [0.1, 0.15) is 0 Å². The predicted octanol–water partition coefficient (Wildman–Crippen LogP) is 3.89. The van der Waals surface area contributed by atoms with Gasteiger partial charge < -0.3 is 4.74 Å². The summed E-state index contributed by atoms with van der Waals surface area (Å²) in [5.41, 5.74) is 1.39. The van der Waals surface area contributed by atoms with Gasteiger partial charge in [-0.3, -0.25) is 0 Å². The molecule has 0 N–H and O–H groups in total. The lowest BCUT2D eigenvalue weighted by Crippen LogP contribution is -2.30. The van der Waals surface area contributed by atoms with Crippen molar-refractivity contribution in [3.63, 3.8) is 0 Å². The molecule has 1 aliphatic rings. The van der Waals surface area contributed by atoms with E-state index in [0.29, 0.717) is 5.92 Å². The minimum Gasteiger partial charge on any atom is -0.377 e. The summed E-state index contributed by atoms with van der Waals surface area (Å²) in [7, 11) is 0. The van der Waals surface area contributed by atoms with Gasteiger partial charge in [-0.15, -0.1) is 0 Å². The quantitative estimate of drug-likeness (QED) is 0.803. The molecule has 96 valence electrons. The van der Waals surface area contributed by atoms with E-state index in [1.165, 1.54) is 5.56 Å². The molecule has 0 amide bonds. The molecule has 0 radical (unpaired) electrons. The van der Waals surface area contributed by atoms with Crippen molar-refractivity contribution < 1.29 is 4.74 Å². The Morgan fingerprint density at radius 1 is 1.28 bits per heavy atom. The van der Waals surface area contributed by atoms with Crippen LogP contribution in [0.15, 0.2) is 30.3 Å². The maximum absolute atomic E-state index is 9.19. The molecule has 2 heteroatoms. The van der Waals surface area contributed by atoms with Gasteiger partial charge in [-0.25, -0.2) is 0 Å². The van der Waals surface area contributed by atoms with Crippen LogP contribution in [0.3, 0.4) is 0 Å². The molecule has 0 bridgehead atoms. The van der Waals surface area contributed by atoms with Gasteiger partial charge in [0.15, 0.2) is 0 Å². The lowest BCUT2D eigenvalue weighted by atomic mass is 9.77. The van der Waals surface area contributed by atoms with Gasteiger partial charge in [0.2, 0.25) is 0 Å². The highest BCUT2D eigenvalue weighted by molar-refractivity contribution is 5.20. The molecule has 0 spiro atoms. The smallest absolute Gasteiger partial charge is 0.0739 e. The number of benzene rings is 1. The van der Waals surface area contributed by atoms with E-state index < -0.39 is 0 Å². The van der Waals surface area contributed by atoms with Crippen molar-refractivity contribution in [3.8, 4) is 6.07 Å². The summed E-state index contributed by atoms with van der Waals surface area (Å²) >= 11 is 0. The van der Waals surface area contributed by atoms with Gasteiger partial charge in [0, 0.05) is 6.61 Å². The summed E-state index contributed by atoms with van der Waals surface area (Å²) in [5.74, 6) is 0.633. The number of ether oxygens (including phenoxy) is 1. The number of rotatable bonds is 4. The van der Waals surface area contributed by atoms with Crippen molar-refractivity contribution in [2.24, 2.45) is 5.92 Å². The van der Waals surface area contributed by atoms with Crippen molar-refractivity contribution in [1.82, 2.24) is 0 Å². The molecule has 2 rings (SSSR count). The summed E-state index contributed by atoms with van der Waals surface area (Å²) in [4.78, 5) is 0. The van der Waals surface area contributed by atoms with Gasteiger partial charge >= 0.3 is 0 Å². The first-order valence-corrected chi connectivity index (χ1v) is 6.91. The second-order valence-corrected chi connectivity index (χ2v) is 5.07. The van der Waals surface area contributed by atoms with Crippen LogP contribution < -0.4 is 0 Å². The Balaban J connectivity index is 2.02. The predicted molar refractivity (Wildman–Crippen MR) is 72.2 cm³/mol. The lowest BCUT2D eigenvalue weighted by Gasteiger charge is -2.32. The summed E-state index contributed by atoms with van der Waals surface area (Å²) in [6.45, 7) is 2.88. The van der Waals surface area contributed by atoms with Gasteiger partial charge in [-0.1, -0.05) is 37.3 Å². The molecule has 1 aromatic rings. The molecule has 1 aliphatic carbocycles. The van der Waals surface area contributed by atoms with Crippen LogP contribution in [0.5, 0.6) is 0 Å². The van der Waals surface area contributed by atoms with Gasteiger partial charge in [0.05, 0.1) is 18.1 Å². The van der Waals surface area contributed by atoms with Crippen LogP contribution in [-0.4, -0.2) is 12.7 Å². The number of nitriles is 1. The van der Waals surface area contributed by atoms with E-state index in [4.69, 9.17) is 4.74 Å². The van der Waals surface area contributed by atoms with E-state index in [-0.39, 0.29) is 12.0 Å². The van der Waals surface area contributed by atoms with Crippen LogP contribution in [-0.2, 0) is 4.74 Å². The normalized spacial score (nSPS) is 27.7. The second-order valence-electron chi connectivity index (χ2n) is 5.07. The average Bonchev–Trinajstić information content (AvgIpc) is 2.45. The van der Waals surface area contributed by atoms with Crippen LogP contribution in [0.25, 0.3) is 0 Å². The SMILES string of the molecule is CCCOC1CC(c2ccccc2)CCC1C#N. The number of hydrogen-bond donors (Lipinski definition) is 0. The Morgan fingerprint density at radius 2 is 2.06 bits per heavy atom. The van der Waals surface area contributed by atoms with Gasteiger partial charge in [-0.05, 0) is 37.2 Å². The standard InChI is InChI=1S/C16H21NO/c1-2-10-18-16-11-14(8-9-15(16)12-17)13-6-4-3-5-7-13/h3-7,14-16H,2,8-11H2,1H3. The van der Waals surface area contributed by atoms with E-state index >= 15 is 0 Å². The number of nitrogens with zero attached hydrogens (tertiary/aromatic N) is 1. The highest BCUT2D eigenvalue weighted by Crippen LogP contribution is 2.37. The molecule has 1 aromatic carbocycles. The van der Waals surface area contributed by atoms with E-state index in [0.717, 1.165) is 32.3 Å². The third-order valence-electron chi connectivity index (χ3n) is 3.76.